The van der Waals surface area contributed by atoms with E-state index in [0.29, 0.717) is 11.3 Å². The molecule has 12 aromatic rings. The molecular formula is C54H32N2O. The number of hydrogen-bond acceptors (Lipinski definition) is 3. The lowest BCUT2D eigenvalue weighted by atomic mass is 9.86. The van der Waals surface area contributed by atoms with Gasteiger partial charge in [0.05, 0.1) is 26.3 Å². The van der Waals surface area contributed by atoms with Crippen LogP contribution >= 0.6 is 0 Å². The van der Waals surface area contributed by atoms with Gasteiger partial charge in [-0.3, -0.25) is 4.98 Å². The summed E-state index contributed by atoms with van der Waals surface area (Å²) < 4.78 is 68.5. The van der Waals surface area contributed by atoms with Gasteiger partial charge in [-0.05, 0) is 72.4 Å². The van der Waals surface area contributed by atoms with Crippen molar-refractivity contribution in [1.82, 2.24) is 9.97 Å². The standard InChI is InChI=1S/C54H32N2O/c1-3-11-33(12-4-1)49-50(43-30-29-42(40-18-7-8-19-41(40)43)46-31-26-38-23-22-37-17-10-32-55-51(37)52(38)56-46)53(39-13-5-2-6-14-39)57-54(49)45-28-25-36-21-20-34-15-9-16-35-24-27-44(45)48(36)47(34)35/h1-32H/i10D,17D,22D,23D,26D,31D,32D. The summed E-state index contributed by atoms with van der Waals surface area (Å²) in [7, 11) is 0. The second kappa shape index (κ2) is 12.5. The molecule has 0 radical (unpaired) electrons. The zero-order chi connectivity index (χ0) is 43.5. The van der Waals surface area contributed by atoms with E-state index in [-0.39, 0.29) is 45.6 Å². The first-order valence-electron chi connectivity index (χ1n) is 22.3. The number of fused-ring (bicyclic) bond motifs is 4. The van der Waals surface area contributed by atoms with Crippen LogP contribution in [0, 0.1) is 0 Å². The average molecular weight is 732 g/mol. The lowest BCUT2D eigenvalue weighted by Crippen LogP contribution is -1.92. The van der Waals surface area contributed by atoms with Gasteiger partial charge in [-0.15, -0.1) is 0 Å². The molecule has 0 saturated carbocycles. The van der Waals surface area contributed by atoms with Crippen LogP contribution in [0.4, 0.5) is 0 Å². The van der Waals surface area contributed by atoms with E-state index in [4.69, 9.17) is 16.3 Å². The van der Waals surface area contributed by atoms with E-state index in [2.05, 4.69) is 83.8 Å². The summed E-state index contributed by atoms with van der Waals surface area (Å²) in [4.78, 5) is 9.19. The fourth-order valence-electron chi connectivity index (χ4n) is 8.65. The van der Waals surface area contributed by atoms with Gasteiger partial charge in [-0.2, -0.15) is 0 Å². The van der Waals surface area contributed by atoms with Crippen molar-refractivity contribution >= 4 is 64.9 Å². The number of furan rings is 1. The van der Waals surface area contributed by atoms with E-state index in [9.17, 15) is 2.74 Å². The highest BCUT2D eigenvalue weighted by atomic mass is 16.3. The lowest BCUT2D eigenvalue weighted by Gasteiger charge is -2.15. The molecule has 3 heteroatoms. The molecule has 0 spiro atoms. The van der Waals surface area contributed by atoms with Crippen LogP contribution in [0.3, 0.4) is 0 Å². The smallest absolute Gasteiger partial charge is 0.143 e. The van der Waals surface area contributed by atoms with Crippen molar-refractivity contribution < 1.29 is 14.0 Å². The van der Waals surface area contributed by atoms with Crippen molar-refractivity contribution in [3.8, 4) is 56.2 Å². The maximum absolute atomic E-state index is 9.30. The summed E-state index contributed by atoms with van der Waals surface area (Å²) in [5, 5.41) is 8.43. The fraction of sp³-hybridized carbons (Fsp3) is 0. The van der Waals surface area contributed by atoms with Gasteiger partial charge in [0.1, 0.15) is 11.5 Å². The van der Waals surface area contributed by atoms with E-state index in [1.54, 1.807) is 0 Å². The molecule has 0 aliphatic heterocycles. The average Bonchev–Trinajstić information content (AvgIpc) is 3.73. The Labute approximate surface area is 338 Å². The molecule has 0 N–H and O–H groups in total. The molecule has 264 valence electrons. The summed E-state index contributed by atoms with van der Waals surface area (Å²) in [6.07, 6.45) is -0.472. The molecule has 0 aliphatic rings. The van der Waals surface area contributed by atoms with Crippen molar-refractivity contribution in [1.29, 1.82) is 0 Å². The van der Waals surface area contributed by atoms with E-state index in [1.165, 1.54) is 21.5 Å². The zero-order valence-electron chi connectivity index (χ0n) is 37.2. The normalized spacial score (nSPS) is 13.6. The topological polar surface area (TPSA) is 38.9 Å². The van der Waals surface area contributed by atoms with E-state index in [1.807, 2.05) is 72.8 Å². The molecule has 3 heterocycles. The van der Waals surface area contributed by atoms with Crippen LogP contribution in [-0.2, 0) is 0 Å². The van der Waals surface area contributed by atoms with Crippen LogP contribution in [0.25, 0.3) is 121 Å². The molecule has 12 rings (SSSR count). The lowest BCUT2D eigenvalue weighted by molar-refractivity contribution is 0.599. The van der Waals surface area contributed by atoms with Gasteiger partial charge in [0.2, 0.25) is 0 Å². The highest BCUT2D eigenvalue weighted by molar-refractivity contribution is 6.26. The number of nitrogens with zero attached hydrogens (tertiary/aromatic N) is 2. The minimum Gasteiger partial charge on any atom is -0.455 e. The van der Waals surface area contributed by atoms with Gasteiger partial charge in [0.25, 0.3) is 0 Å². The first-order chi connectivity index (χ1) is 31.2. The van der Waals surface area contributed by atoms with Gasteiger partial charge in [-0.25, -0.2) is 4.98 Å². The van der Waals surface area contributed by atoms with Crippen molar-refractivity contribution in [2.24, 2.45) is 0 Å². The number of hydrogen-bond donors (Lipinski definition) is 0. The molecule has 9 aromatic carbocycles. The van der Waals surface area contributed by atoms with Crippen molar-refractivity contribution in [3.63, 3.8) is 0 Å². The van der Waals surface area contributed by atoms with Gasteiger partial charge in [0.15, 0.2) is 0 Å². The number of pyridine rings is 2. The van der Waals surface area contributed by atoms with Gasteiger partial charge in [-0.1, -0.05) is 170 Å². The Morgan fingerprint density at radius 3 is 1.81 bits per heavy atom. The van der Waals surface area contributed by atoms with Crippen LogP contribution < -0.4 is 0 Å². The maximum Gasteiger partial charge on any atom is 0.143 e. The maximum atomic E-state index is 9.30. The first kappa shape index (κ1) is 25.5. The minimum atomic E-state index is -0.472. The van der Waals surface area contributed by atoms with Crippen LogP contribution in [0.15, 0.2) is 199 Å². The first-order valence-corrected chi connectivity index (χ1v) is 18.8. The van der Waals surface area contributed by atoms with Crippen LogP contribution in [0.2, 0.25) is 0 Å². The van der Waals surface area contributed by atoms with E-state index < -0.39 is 24.3 Å². The molecule has 0 unspecified atom stereocenters. The van der Waals surface area contributed by atoms with Gasteiger partial charge < -0.3 is 4.42 Å². The van der Waals surface area contributed by atoms with E-state index in [0.717, 1.165) is 60.7 Å². The Bertz CT molecular complexity index is 3910. The molecule has 3 nitrogen and oxygen atoms in total. The number of aromatic nitrogens is 2. The Balaban J connectivity index is 1.17. The van der Waals surface area contributed by atoms with Crippen LogP contribution in [0.1, 0.15) is 9.60 Å². The molecule has 0 atom stereocenters. The van der Waals surface area contributed by atoms with Crippen molar-refractivity contribution in [3.05, 3.63) is 194 Å². The summed E-state index contributed by atoms with van der Waals surface area (Å²) in [5.74, 6) is 1.42. The van der Waals surface area contributed by atoms with E-state index >= 15 is 0 Å². The summed E-state index contributed by atoms with van der Waals surface area (Å²) in [5.41, 5.74) is 6.24. The fourth-order valence-corrected chi connectivity index (χ4v) is 8.65. The predicted octanol–water partition coefficient (Wildman–Crippen LogP) is 14.8. The SMILES string of the molecule is [2H]c1nc2c(c([2H])c1[2H])c([2H])c([2H])c1c([2H])c([2H])c(-c3ccc(-c4c(-c5ccccc5)oc(-c5ccc6ccc7cccc8ccc5c6c78)c4-c4ccccc4)c4ccccc34)nc12. The quantitative estimate of drug-likeness (QED) is 0.165. The van der Waals surface area contributed by atoms with Gasteiger partial charge >= 0.3 is 0 Å². The zero-order valence-corrected chi connectivity index (χ0v) is 30.2. The molecule has 57 heavy (non-hydrogen) atoms. The molecular weight excluding hydrogens is 693 g/mol. The largest absolute Gasteiger partial charge is 0.455 e. The van der Waals surface area contributed by atoms with Crippen LogP contribution in [0.5, 0.6) is 0 Å². The second-order valence-electron chi connectivity index (χ2n) is 14.3. The number of rotatable bonds is 5. The summed E-state index contributed by atoms with van der Waals surface area (Å²) in [6.45, 7) is 0. The van der Waals surface area contributed by atoms with Gasteiger partial charge in [0, 0.05) is 44.8 Å². The minimum absolute atomic E-state index is 0.0182. The monoisotopic (exact) mass is 731 g/mol. The third-order valence-electron chi connectivity index (χ3n) is 11.2. The molecule has 0 aliphatic carbocycles. The third kappa shape index (κ3) is 4.86. The van der Waals surface area contributed by atoms with Crippen molar-refractivity contribution in [2.75, 3.05) is 0 Å². The molecule has 3 aromatic heterocycles. The molecule has 0 bridgehead atoms. The summed E-state index contributed by atoms with van der Waals surface area (Å²) >= 11 is 0. The Kier molecular flexibility index (Phi) is 5.56. The molecule has 0 saturated heterocycles. The second-order valence-corrected chi connectivity index (χ2v) is 14.3. The Morgan fingerprint density at radius 2 is 1.02 bits per heavy atom. The van der Waals surface area contributed by atoms with Crippen LogP contribution in [-0.4, -0.2) is 9.97 Å². The predicted molar refractivity (Wildman–Crippen MR) is 238 cm³/mol. The Morgan fingerprint density at radius 1 is 0.404 bits per heavy atom. The molecule has 0 amide bonds. The number of benzene rings is 9. The highest BCUT2D eigenvalue weighted by Gasteiger charge is 2.28. The molecule has 0 fully saturated rings. The Hall–Kier alpha value is -7.62. The highest BCUT2D eigenvalue weighted by Crippen LogP contribution is 2.52. The summed E-state index contributed by atoms with van der Waals surface area (Å²) in [6, 6.07) is 49.5. The third-order valence-corrected chi connectivity index (χ3v) is 11.2. The van der Waals surface area contributed by atoms with Crippen molar-refractivity contribution in [2.45, 2.75) is 0 Å².